The molecule has 3 heteroatoms. The summed E-state index contributed by atoms with van der Waals surface area (Å²) < 4.78 is 14.9. The summed E-state index contributed by atoms with van der Waals surface area (Å²) in [6.45, 7) is 3.17. The molecule has 0 spiro atoms. The van der Waals surface area contributed by atoms with Crippen LogP contribution in [0.25, 0.3) is 0 Å². The predicted octanol–water partition coefficient (Wildman–Crippen LogP) is 0.990. The van der Waals surface area contributed by atoms with Crippen LogP contribution in [0.4, 0.5) is 0 Å². The van der Waals surface area contributed by atoms with Gasteiger partial charge in [-0.1, -0.05) is 0 Å². The van der Waals surface area contributed by atoms with Gasteiger partial charge in [0.05, 0.1) is 20.3 Å². The second-order valence-corrected chi connectivity index (χ2v) is 2.65. The quantitative estimate of drug-likeness (QED) is 0.410. The predicted molar refractivity (Wildman–Crippen MR) is 41.1 cm³/mol. The molecule has 1 unspecified atom stereocenters. The molecule has 1 rings (SSSR count). The molecule has 1 fully saturated rings. The fourth-order valence-electron chi connectivity index (χ4n) is 0.787. The van der Waals surface area contributed by atoms with Gasteiger partial charge in [0.15, 0.2) is 0 Å². The average molecular weight is 159 g/mol. The van der Waals surface area contributed by atoms with E-state index in [1.54, 1.807) is 0 Å². The smallest absolute Gasteiger partial charge is 0.104 e. The molecule has 0 bridgehead atoms. The molecule has 1 aliphatic heterocycles. The van der Waals surface area contributed by atoms with Crippen molar-refractivity contribution in [2.75, 3.05) is 26.4 Å². The van der Waals surface area contributed by atoms with Gasteiger partial charge in [0.1, 0.15) is 6.10 Å². The maximum Gasteiger partial charge on any atom is 0.104 e. The van der Waals surface area contributed by atoms with Crippen molar-refractivity contribution in [1.29, 1.82) is 0 Å². The molecule has 1 atom stereocenters. The third kappa shape index (κ3) is 5.18. The fraction of sp³-hybridized carbons (Fsp3) is 0.875. The zero-order valence-electron chi connectivity index (χ0n) is 6.75. The minimum Gasteiger partial charge on any atom is -0.379 e. The molecule has 0 aliphatic carbocycles. The monoisotopic (exact) mass is 159 g/mol. The van der Waals surface area contributed by atoms with Gasteiger partial charge in [-0.3, -0.25) is 0 Å². The van der Waals surface area contributed by atoms with Crippen molar-refractivity contribution < 1.29 is 14.2 Å². The van der Waals surface area contributed by atoms with E-state index in [4.69, 9.17) is 9.47 Å². The standard InChI is InChI=1S/C8H15O3/c1-9-4-2-3-5-10-6-8-7-11-8/h8H,1-7H2. The zero-order chi connectivity index (χ0) is 7.94. The summed E-state index contributed by atoms with van der Waals surface area (Å²) in [7, 11) is 3.28. The zero-order valence-corrected chi connectivity index (χ0v) is 6.75. The lowest BCUT2D eigenvalue weighted by atomic mass is 10.3. The summed E-state index contributed by atoms with van der Waals surface area (Å²) in [5.41, 5.74) is 0. The van der Waals surface area contributed by atoms with Crippen molar-refractivity contribution in [2.24, 2.45) is 0 Å². The first-order valence-electron chi connectivity index (χ1n) is 4.00. The Bertz CT molecular complexity index is 91.3. The molecule has 0 N–H and O–H groups in total. The number of rotatable bonds is 7. The first-order valence-corrected chi connectivity index (χ1v) is 4.00. The molecule has 0 aromatic heterocycles. The molecule has 11 heavy (non-hydrogen) atoms. The van der Waals surface area contributed by atoms with Crippen LogP contribution in [0.15, 0.2) is 0 Å². The van der Waals surface area contributed by atoms with Crippen LogP contribution in [0.1, 0.15) is 12.8 Å². The second-order valence-electron chi connectivity index (χ2n) is 2.65. The van der Waals surface area contributed by atoms with Crippen LogP contribution in [0.2, 0.25) is 0 Å². The fourth-order valence-corrected chi connectivity index (χ4v) is 0.787. The van der Waals surface area contributed by atoms with Gasteiger partial charge in [-0.2, -0.15) is 0 Å². The van der Waals surface area contributed by atoms with Crippen molar-refractivity contribution in [3.05, 3.63) is 7.11 Å². The lowest BCUT2D eigenvalue weighted by Gasteiger charge is -2.00. The first-order chi connectivity index (χ1) is 5.43. The van der Waals surface area contributed by atoms with Crippen molar-refractivity contribution in [1.82, 2.24) is 0 Å². The highest BCUT2D eigenvalue weighted by molar-refractivity contribution is 4.66. The van der Waals surface area contributed by atoms with Crippen LogP contribution in [0.5, 0.6) is 0 Å². The minimum absolute atomic E-state index is 0.388. The van der Waals surface area contributed by atoms with E-state index in [-0.39, 0.29) is 0 Å². The molecule has 0 aromatic rings. The van der Waals surface area contributed by atoms with Crippen molar-refractivity contribution in [3.8, 4) is 0 Å². The summed E-state index contributed by atoms with van der Waals surface area (Å²) in [4.78, 5) is 0. The van der Waals surface area contributed by atoms with Gasteiger partial charge < -0.3 is 14.2 Å². The minimum atomic E-state index is 0.388. The van der Waals surface area contributed by atoms with E-state index in [1.165, 1.54) is 0 Å². The third-order valence-corrected chi connectivity index (χ3v) is 1.53. The Hall–Kier alpha value is -0.120. The molecule has 1 heterocycles. The molecule has 0 amide bonds. The molecule has 1 aliphatic rings. The Morgan fingerprint density at radius 2 is 2.09 bits per heavy atom. The van der Waals surface area contributed by atoms with Crippen molar-refractivity contribution in [3.63, 3.8) is 0 Å². The summed E-state index contributed by atoms with van der Waals surface area (Å²) in [6.07, 6.45) is 2.45. The number of epoxide rings is 1. The van der Waals surface area contributed by atoms with E-state index in [0.717, 1.165) is 39.3 Å². The average Bonchev–Trinajstić information content (AvgIpc) is 2.80. The highest BCUT2D eigenvalue weighted by atomic mass is 16.6. The lowest BCUT2D eigenvalue weighted by Crippen LogP contribution is -2.03. The summed E-state index contributed by atoms with van der Waals surface area (Å²) in [6, 6.07) is 0. The molecule has 0 aromatic carbocycles. The number of unbranched alkanes of at least 4 members (excludes halogenated alkanes) is 1. The van der Waals surface area contributed by atoms with Crippen LogP contribution in [0.3, 0.4) is 0 Å². The molecule has 1 radical (unpaired) electrons. The highest BCUT2D eigenvalue weighted by Crippen LogP contribution is 2.08. The van der Waals surface area contributed by atoms with Crippen LogP contribution in [-0.4, -0.2) is 32.5 Å². The van der Waals surface area contributed by atoms with Gasteiger partial charge in [-0.25, -0.2) is 0 Å². The summed E-state index contributed by atoms with van der Waals surface area (Å²) in [5.74, 6) is 0. The third-order valence-electron chi connectivity index (χ3n) is 1.53. The van der Waals surface area contributed by atoms with E-state index in [9.17, 15) is 0 Å². The van der Waals surface area contributed by atoms with E-state index in [1.807, 2.05) is 0 Å². The van der Waals surface area contributed by atoms with Gasteiger partial charge in [-0.05, 0) is 12.8 Å². The van der Waals surface area contributed by atoms with E-state index < -0.39 is 0 Å². The van der Waals surface area contributed by atoms with Crippen molar-refractivity contribution in [2.45, 2.75) is 18.9 Å². The Morgan fingerprint density at radius 1 is 1.36 bits per heavy atom. The van der Waals surface area contributed by atoms with Gasteiger partial charge >= 0.3 is 0 Å². The van der Waals surface area contributed by atoms with Crippen LogP contribution >= 0.6 is 0 Å². The topological polar surface area (TPSA) is 31.0 Å². The van der Waals surface area contributed by atoms with E-state index in [0.29, 0.717) is 6.10 Å². The molecule has 0 saturated carbocycles. The lowest BCUT2D eigenvalue weighted by molar-refractivity contribution is 0.108. The SMILES string of the molecule is [CH2]OCCCCOCC1CO1. The van der Waals surface area contributed by atoms with Gasteiger partial charge in [0, 0.05) is 13.2 Å². The largest absolute Gasteiger partial charge is 0.379 e. The maximum atomic E-state index is 5.30. The number of ether oxygens (including phenoxy) is 3. The normalized spacial score (nSPS) is 22.1. The van der Waals surface area contributed by atoms with Crippen molar-refractivity contribution >= 4 is 0 Å². The molecule has 3 nitrogen and oxygen atoms in total. The van der Waals surface area contributed by atoms with E-state index >= 15 is 0 Å². The maximum absolute atomic E-state index is 5.30. The van der Waals surface area contributed by atoms with E-state index in [2.05, 4.69) is 11.8 Å². The molecule has 65 valence electrons. The molecule has 1 saturated heterocycles. The second kappa shape index (κ2) is 5.52. The Morgan fingerprint density at radius 3 is 2.73 bits per heavy atom. The Labute approximate surface area is 67.6 Å². The molecular weight excluding hydrogens is 144 g/mol. The van der Waals surface area contributed by atoms with Crippen LogP contribution in [0, 0.1) is 7.11 Å². The van der Waals surface area contributed by atoms with Crippen LogP contribution < -0.4 is 0 Å². The van der Waals surface area contributed by atoms with Crippen LogP contribution in [-0.2, 0) is 14.2 Å². The first kappa shape index (κ1) is 8.97. The number of hydrogen-bond donors (Lipinski definition) is 0. The summed E-state index contributed by atoms with van der Waals surface area (Å²) >= 11 is 0. The Balaban J connectivity index is 1.66. The van der Waals surface area contributed by atoms with Gasteiger partial charge in [0.2, 0.25) is 0 Å². The highest BCUT2D eigenvalue weighted by Gasteiger charge is 2.21. The van der Waals surface area contributed by atoms with Gasteiger partial charge in [0.25, 0.3) is 0 Å². The molecular formula is C8H15O3. The number of hydrogen-bond acceptors (Lipinski definition) is 3. The Kier molecular flexibility index (Phi) is 4.50. The summed E-state index contributed by atoms with van der Waals surface area (Å²) in [5, 5.41) is 0. The van der Waals surface area contributed by atoms with Gasteiger partial charge in [-0.15, -0.1) is 0 Å².